The van der Waals surface area contributed by atoms with Crippen LogP contribution in [0.1, 0.15) is 117 Å². The SMILES string of the molecule is CCCCCCCCCCN[C@@H](CSSC[C@H](NCCCCCCCCCC)C(=O)[O-])C(=O)[O-].[Na+].[Na+]. The Balaban J connectivity index is -0.00000544. The summed E-state index contributed by atoms with van der Waals surface area (Å²) in [6, 6.07) is -1.43. The van der Waals surface area contributed by atoms with Gasteiger partial charge in [-0.1, -0.05) is 125 Å². The van der Waals surface area contributed by atoms with Crippen LogP contribution >= 0.6 is 21.6 Å². The van der Waals surface area contributed by atoms with Crippen LogP contribution in [-0.2, 0) is 9.59 Å². The number of nitrogens with one attached hydrogen (secondary N) is 2. The maximum Gasteiger partial charge on any atom is 1.00 e. The molecule has 0 saturated carbocycles. The summed E-state index contributed by atoms with van der Waals surface area (Å²) in [6.07, 6.45) is 19.4. The van der Waals surface area contributed by atoms with Crippen LogP contribution in [0.2, 0.25) is 0 Å². The van der Waals surface area contributed by atoms with Gasteiger partial charge < -0.3 is 30.4 Å². The Kier molecular flexibility index (Phi) is 38.3. The van der Waals surface area contributed by atoms with Crippen molar-refractivity contribution in [2.24, 2.45) is 0 Å². The third-order valence-electron chi connectivity index (χ3n) is 5.96. The van der Waals surface area contributed by atoms with E-state index in [1.807, 2.05) is 0 Å². The third-order valence-corrected chi connectivity index (χ3v) is 8.39. The standard InChI is InChI=1S/C26H52N2O4S2.2Na/c1-3-5-7-9-11-13-15-17-19-27-23(25(29)30)21-33-34-22-24(26(31)32)28-20-18-16-14-12-10-8-6-4-2;;/h23-24,27-28H,3-22H2,1-2H3,(H,29,30)(H,31,32);;/q;2*+1/p-2/t23-,24-;;/m0../s1. The first kappa shape index (κ1) is 42.0. The number of hydrogen-bond acceptors (Lipinski definition) is 8. The van der Waals surface area contributed by atoms with Crippen molar-refractivity contribution in [3.63, 3.8) is 0 Å². The van der Waals surface area contributed by atoms with Crippen LogP contribution in [0.25, 0.3) is 0 Å². The van der Waals surface area contributed by atoms with Gasteiger partial charge in [0.2, 0.25) is 0 Å². The van der Waals surface area contributed by atoms with Gasteiger partial charge >= 0.3 is 59.1 Å². The molecular formula is C26H50N2Na2O4S2. The summed E-state index contributed by atoms with van der Waals surface area (Å²) in [4.78, 5) is 22.8. The summed E-state index contributed by atoms with van der Waals surface area (Å²) in [5.74, 6) is -1.50. The van der Waals surface area contributed by atoms with E-state index in [4.69, 9.17) is 0 Å². The Hall–Kier alpha value is 1.56. The van der Waals surface area contributed by atoms with Crippen molar-refractivity contribution >= 4 is 33.5 Å². The molecule has 0 unspecified atom stereocenters. The van der Waals surface area contributed by atoms with Gasteiger partial charge in [-0.2, -0.15) is 0 Å². The van der Waals surface area contributed by atoms with Crippen LogP contribution in [0.4, 0.5) is 0 Å². The van der Waals surface area contributed by atoms with Crippen molar-refractivity contribution in [1.29, 1.82) is 0 Å². The summed E-state index contributed by atoms with van der Waals surface area (Å²) in [5, 5.41) is 28.9. The van der Waals surface area contributed by atoms with Gasteiger partial charge in [0.1, 0.15) is 0 Å². The molecule has 0 bridgehead atoms. The number of rotatable bonds is 27. The maximum absolute atomic E-state index is 11.4. The van der Waals surface area contributed by atoms with E-state index in [0.29, 0.717) is 24.6 Å². The fourth-order valence-electron chi connectivity index (χ4n) is 3.72. The molecule has 0 aliphatic carbocycles. The van der Waals surface area contributed by atoms with Crippen LogP contribution < -0.4 is 80.0 Å². The van der Waals surface area contributed by atoms with Crippen molar-refractivity contribution < 1.29 is 78.9 Å². The van der Waals surface area contributed by atoms with Gasteiger partial charge in [-0.15, -0.1) is 0 Å². The molecule has 0 aromatic heterocycles. The number of carbonyl (C=O) groups is 2. The fourth-order valence-corrected chi connectivity index (χ4v) is 6.09. The molecular weight excluding hydrogens is 514 g/mol. The summed E-state index contributed by atoms with van der Waals surface area (Å²) in [7, 11) is 2.75. The summed E-state index contributed by atoms with van der Waals surface area (Å²) in [5.41, 5.74) is 0. The van der Waals surface area contributed by atoms with E-state index in [9.17, 15) is 19.8 Å². The molecule has 6 nitrogen and oxygen atoms in total. The molecule has 202 valence electrons. The average molecular weight is 565 g/mol. The summed E-state index contributed by atoms with van der Waals surface area (Å²) < 4.78 is 0. The second kappa shape index (κ2) is 32.8. The number of carboxylic acid groups (broad SMARTS) is 2. The molecule has 10 heteroatoms. The molecule has 0 aliphatic heterocycles. The molecule has 0 amide bonds. The molecule has 0 heterocycles. The second-order valence-corrected chi connectivity index (χ2v) is 11.7. The zero-order valence-electron chi connectivity index (χ0n) is 23.7. The Morgan fingerprint density at radius 3 is 1.11 bits per heavy atom. The van der Waals surface area contributed by atoms with E-state index in [1.165, 1.54) is 98.6 Å². The van der Waals surface area contributed by atoms with Gasteiger partial charge in [-0.05, 0) is 25.9 Å². The topological polar surface area (TPSA) is 104 Å². The third kappa shape index (κ3) is 28.6. The first-order valence-corrected chi connectivity index (χ1v) is 16.1. The smallest absolute Gasteiger partial charge is 0.548 e. The van der Waals surface area contributed by atoms with Gasteiger partial charge in [0.25, 0.3) is 0 Å². The van der Waals surface area contributed by atoms with Gasteiger partial charge in [0.05, 0.1) is 24.0 Å². The molecule has 0 aliphatic rings. The van der Waals surface area contributed by atoms with Gasteiger partial charge in [0.15, 0.2) is 0 Å². The van der Waals surface area contributed by atoms with Crippen LogP contribution in [-0.4, -0.2) is 48.6 Å². The zero-order chi connectivity index (χ0) is 25.3. The first-order valence-electron chi connectivity index (χ1n) is 13.7. The quantitative estimate of drug-likeness (QED) is 0.0676. The molecule has 0 rings (SSSR count). The molecule has 0 saturated heterocycles. The Bertz CT molecular complexity index is 453. The van der Waals surface area contributed by atoms with E-state index < -0.39 is 24.0 Å². The molecule has 0 aromatic carbocycles. The predicted molar refractivity (Wildman–Crippen MR) is 144 cm³/mol. The van der Waals surface area contributed by atoms with E-state index in [1.54, 1.807) is 0 Å². The molecule has 0 radical (unpaired) electrons. The Morgan fingerprint density at radius 2 is 0.833 bits per heavy atom. The molecule has 0 fully saturated rings. The molecule has 0 aromatic rings. The van der Waals surface area contributed by atoms with E-state index in [0.717, 1.165) is 25.7 Å². The summed E-state index contributed by atoms with van der Waals surface area (Å²) in [6.45, 7) is 5.77. The van der Waals surface area contributed by atoms with Crippen LogP contribution in [0, 0.1) is 0 Å². The molecule has 2 N–H and O–H groups in total. The predicted octanol–water partition coefficient (Wildman–Crippen LogP) is -1.93. The van der Waals surface area contributed by atoms with Crippen LogP contribution in [0.15, 0.2) is 0 Å². The summed E-state index contributed by atoms with van der Waals surface area (Å²) >= 11 is 0. The minimum atomic E-state index is -1.10. The van der Waals surface area contributed by atoms with Crippen molar-refractivity contribution in [3.8, 4) is 0 Å². The number of unbranched alkanes of at least 4 members (excludes halogenated alkanes) is 14. The first-order chi connectivity index (χ1) is 16.5. The van der Waals surface area contributed by atoms with Gasteiger partial charge in [-0.3, -0.25) is 0 Å². The monoisotopic (exact) mass is 564 g/mol. The Labute approximate surface area is 273 Å². The average Bonchev–Trinajstić information content (AvgIpc) is 2.81. The van der Waals surface area contributed by atoms with E-state index in [-0.39, 0.29) is 59.1 Å². The maximum atomic E-state index is 11.4. The van der Waals surface area contributed by atoms with Crippen LogP contribution in [0.3, 0.4) is 0 Å². The van der Waals surface area contributed by atoms with Gasteiger partial charge in [-0.25, -0.2) is 0 Å². The fraction of sp³-hybridized carbons (Fsp3) is 0.923. The van der Waals surface area contributed by atoms with E-state index >= 15 is 0 Å². The molecule has 36 heavy (non-hydrogen) atoms. The Morgan fingerprint density at radius 1 is 0.556 bits per heavy atom. The normalized spacial score (nSPS) is 12.4. The minimum Gasteiger partial charge on any atom is -0.548 e. The number of carboxylic acids is 2. The van der Waals surface area contributed by atoms with Crippen LogP contribution in [0.5, 0.6) is 0 Å². The van der Waals surface area contributed by atoms with Gasteiger partial charge in [0, 0.05) is 11.5 Å². The number of carbonyl (C=O) groups excluding carboxylic acids is 2. The number of aliphatic carboxylic acids is 2. The minimum absolute atomic E-state index is 0. The van der Waals surface area contributed by atoms with Crippen molar-refractivity contribution in [2.75, 3.05) is 24.6 Å². The molecule has 2 atom stereocenters. The largest absolute Gasteiger partial charge is 1.00 e. The zero-order valence-corrected chi connectivity index (χ0v) is 29.4. The second-order valence-electron chi connectivity index (χ2n) is 9.17. The van der Waals surface area contributed by atoms with Crippen molar-refractivity contribution in [2.45, 2.75) is 129 Å². The van der Waals surface area contributed by atoms with Crippen molar-refractivity contribution in [1.82, 2.24) is 10.6 Å². The molecule has 0 spiro atoms. The van der Waals surface area contributed by atoms with Crippen molar-refractivity contribution in [3.05, 3.63) is 0 Å². The number of hydrogen-bond donors (Lipinski definition) is 2. The van der Waals surface area contributed by atoms with E-state index in [2.05, 4.69) is 24.5 Å².